The molecule has 2 aromatic carbocycles. The predicted octanol–water partition coefficient (Wildman–Crippen LogP) is 5.20. The second-order valence-corrected chi connectivity index (χ2v) is 10.8. The number of ether oxygens (including phenoxy) is 2. The molecule has 2 aliphatic heterocycles. The van der Waals surface area contributed by atoms with E-state index in [1.165, 1.54) is 18.2 Å². The number of piperidine rings is 1. The van der Waals surface area contributed by atoms with Crippen molar-refractivity contribution < 1.29 is 18.7 Å². The molecule has 0 aliphatic carbocycles. The Morgan fingerprint density at radius 2 is 2.05 bits per heavy atom. The van der Waals surface area contributed by atoms with Crippen LogP contribution < -0.4 is 4.74 Å². The summed E-state index contributed by atoms with van der Waals surface area (Å²) in [5.41, 5.74) is 3.32. The lowest BCUT2D eigenvalue weighted by molar-refractivity contribution is -0.0592. The standard InChI is InChI=1S/C31H30FN7O3/c1-20(40)22-5-6-27-29(14-22)38(16-25-9-12-41-25)30(35-27)18-37-10-7-24(8-11-37)39-17-28(34-2)31(36-39)42-19-23-4-3-21(15-33)13-26(23)32/h3-6,13-14,17,24-25H,7-12,16,18-19H2,1H3/t25-/m0/s1. The SMILES string of the molecule is [C-]#[N+]c1cn(C2CCN(Cc3nc4ccc(C(C)=O)cc4n3C[C@@H]3CCO3)CC2)nc1OCc1ccc(C#N)cc1F. The van der Waals surface area contributed by atoms with E-state index in [1.54, 1.807) is 17.8 Å². The van der Waals surface area contributed by atoms with Crippen molar-refractivity contribution in [3.63, 3.8) is 0 Å². The molecule has 11 heteroatoms. The van der Waals surface area contributed by atoms with Crippen LogP contribution in [0.3, 0.4) is 0 Å². The van der Waals surface area contributed by atoms with Crippen LogP contribution in [0.4, 0.5) is 10.1 Å². The van der Waals surface area contributed by atoms with Gasteiger partial charge in [-0.05, 0) is 56.5 Å². The van der Waals surface area contributed by atoms with Crippen LogP contribution in [0, 0.1) is 23.7 Å². The molecule has 42 heavy (non-hydrogen) atoms. The number of rotatable bonds is 9. The number of imidazole rings is 1. The zero-order valence-electron chi connectivity index (χ0n) is 23.3. The van der Waals surface area contributed by atoms with Crippen molar-refractivity contribution in [2.75, 3.05) is 19.7 Å². The van der Waals surface area contributed by atoms with Crippen LogP contribution in [0.25, 0.3) is 15.9 Å². The van der Waals surface area contributed by atoms with Gasteiger partial charge in [0.1, 0.15) is 18.2 Å². The Labute approximate surface area is 242 Å². The molecule has 0 amide bonds. The summed E-state index contributed by atoms with van der Waals surface area (Å²) in [5.74, 6) is 0.634. The number of aromatic nitrogens is 4. The topological polar surface area (TPSA) is 103 Å². The quantitative estimate of drug-likeness (QED) is 0.202. The van der Waals surface area contributed by atoms with E-state index in [1.807, 2.05) is 24.3 Å². The number of carbonyl (C=O) groups is 1. The first kappa shape index (κ1) is 27.6. The first-order valence-electron chi connectivity index (χ1n) is 14.0. The minimum atomic E-state index is -0.529. The number of hydrogen-bond donors (Lipinski definition) is 0. The maximum Gasteiger partial charge on any atom is 0.266 e. The molecule has 0 spiro atoms. The van der Waals surface area contributed by atoms with Crippen LogP contribution in [-0.4, -0.2) is 55.8 Å². The molecule has 2 aliphatic rings. The van der Waals surface area contributed by atoms with Crippen molar-refractivity contribution in [1.82, 2.24) is 24.2 Å². The van der Waals surface area contributed by atoms with Crippen LogP contribution in [-0.2, 0) is 24.4 Å². The molecule has 0 N–H and O–H groups in total. The summed E-state index contributed by atoms with van der Waals surface area (Å²) < 4.78 is 29.7. The maximum atomic E-state index is 14.3. The van der Waals surface area contributed by atoms with Crippen LogP contribution in [0.2, 0.25) is 0 Å². The minimum absolute atomic E-state index is 0.0307. The average molecular weight is 568 g/mol. The Balaban J connectivity index is 1.12. The molecule has 1 atom stereocenters. The Morgan fingerprint density at radius 3 is 2.71 bits per heavy atom. The summed E-state index contributed by atoms with van der Waals surface area (Å²) in [6, 6.07) is 11.9. The van der Waals surface area contributed by atoms with E-state index in [4.69, 9.17) is 26.3 Å². The molecular formula is C31H30FN7O3. The first-order chi connectivity index (χ1) is 20.4. The van der Waals surface area contributed by atoms with Gasteiger partial charge in [0.05, 0.1) is 54.5 Å². The summed E-state index contributed by atoms with van der Waals surface area (Å²) in [6.07, 6.45) is 4.55. The number of Topliss-reactive ketones (excluding diaryl/α,β-unsaturated/α-hetero) is 1. The van der Waals surface area contributed by atoms with Gasteiger partial charge in [-0.15, -0.1) is 5.10 Å². The molecule has 0 bridgehead atoms. The highest BCUT2D eigenvalue weighted by Crippen LogP contribution is 2.32. The van der Waals surface area contributed by atoms with Gasteiger partial charge >= 0.3 is 0 Å². The molecule has 0 saturated carbocycles. The number of carbonyl (C=O) groups excluding carboxylic acids is 1. The number of fused-ring (bicyclic) bond motifs is 1. The third kappa shape index (κ3) is 5.62. The Hall–Kier alpha value is -4.58. The van der Waals surface area contributed by atoms with Crippen molar-refractivity contribution in [2.45, 2.75) is 58.0 Å². The zero-order chi connectivity index (χ0) is 29.2. The zero-order valence-corrected chi connectivity index (χ0v) is 23.3. The highest BCUT2D eigenvalue weighted by atomic mass is 19.1. The van der Waals surface area contributed by atoms with E-state index < -0.39 is 5.82 Å². The average Bonchev–Trinajstić information content (AvgIpc) is 3.54. The van der Waals surface area contributed by atoms with E-state index in [-0.39, 0.29) is 41.7 Å². The largest absolute Gasteiger partial charge is 0.480 e. The fourth-order valence-corrected chi connectivity index (χ4v) is 5.50. The van der Waals surface area contributed by atoms with E-state index in [9.17, 15) is 9.18 Å². The second-order valence-electron chi connectivity index (χ2n) is 10.8. The van der Waals surface area contributed by atoms with Gasteiger partial charge in [0.15, 0.2) is 5.78 Å². The van der Waals surface area contributed by atoms with Gasteiger partial charge in [0.2, 0.25) is 5.88 Å². The molecule has 2 fully saturated rings. The second kappa shape index (κ2) is 11.7. The normalized spacial score (nSPS) is 17.5. The van der Waals surface area contributed by atoms with Gasteiger partial charge in [-0.2, -0.15) is 5.26 Å². The van der Waals surface area contributed by atoms with Crippen molar-refractivity contribution in [3.8, 4) is 11.9 Å². The van der Waals surface area contributed by atoms with E-state index in [2.05, 4.69) is 19.4 Å². The highest BCUT2D eigenvalue weighted by molar-refractivity contribution is 5.97. The van der Waals surface area contributed by atoms with Crippen molar-refractivity contribution in [2.24, 2.45) is 0 Å². The van der Waals surface area contributed by atoms with Crippen LogP contribution >= 0.6 is 0 Å². The molecule has 2 saturated heterocycles. The van der Waals surface area contributed by atoms with Crippen molar-refractivity contribution in [1.29, 1.82) is 5.26 Å². The van der Waals surface area contributed by atoms with Gasteiger partial charge in [-0.25, -0.2) is 14.2 Å². The Morgan fingerprint density at radius 1 is 1.24 bits per heavy atom. The number of likely N-dealkylation sites (tertiary alicyclic amines) is 1. The predicted molar refractivity (Wildman–Crippen MR) is 152 cm³/mol. The number of nitriles is 1. The van der Waals surface area contributed by atoms with Crippen molar-refractivity contribution in [3.05, 3.63) is 82.3 Å². The monoisotopic (exact) mass is 567 g/mol. The molecule has 2 aromatic heterocycles. The fourth-order valence-electron chi connectivity index (χ4n) is 5.50. The molecule has 0 radical (unpaired) electrons. The van der Waals surface area contributed by atoms with E-state index >= 15 is 0 Å². The van der Waals surface area contributed by atoms with E-state index in [0.29, 0.717) is 24.2 Å². The maximum absolute atomic E-state index is 14.3. The molecule has 214 valence electrons. The lowest BCUT2D eigenvalue weighted by atomic mass is 10.1. The molecular weight excluding hydrogens is 537 g/mol. The number of ketones is 1. The van der Waals surface area contributed by atoms with E-state index in [0.717, 1.165) is 55.8 Å². The molecule has 0 unspecified atom stereocenters. The van der Waals surface area contributed by atoms with Crippen LogP contribution in [0.5, 0.6) is 5.88 Å². The summed E-state index contributed by atoms with van der Waals surface area (Å²) in [5, 5.41) is 13.5. The summed E-state index contributed by atoms with van der Waals surface area (Å²) in [7, 11) is 0. The summed E-state index contributed by atoms with van der Waals surface area (Å²) in [6.45, 7) is 12.9. The van der Waals surface area contributed by atoms with Gasteiger partial charge in [-0.1, -0.05) is 6.07 Å². The number of nitrogens with zero attached hydrogens (tertiary/aromatic N) is 7. The van der Waals surface area contributed by atoms with Gasteiger partial charge < -0.3 is 14.0 Å². The summed E-state index contributed by atoms with van der Waals surface area (Å²) in [4.78, 5) is 22.9. The van der Waals surface area contributed by atoms with Gasteiger partial charge in [-0.3, -0.25) is 14.4 Å². The fraction of sp³-hybridized carbons (Fsp3) is 0.387. The minimum Gasteiger partial charge on any atom is -0.480 e. The summed E-state index contributed by atoms with van der Waals surface area (Å²) >= 11 is 0. The molecule has 6 rings (SSSR count). The first-order valence-corrected chi connectivity index (χ1v) is 14.0. The lowest BCUT2D eigenvalue weighted by Crippen LogP contribution is -2.36. The molecule has 10 nitrogen and oxygen atoms in total. The Kier molecular flexibility index (Phi) is 7.70. The Bertz CT molecular complexity index is 1720. The number of benzene rings is 2. The van der Waals surface area contributed by atoms with Crippen LogP contribution in [0.1, 0.15) is 59.5 Å². The molecule has 4 aromatic rings. The third-order valence-corrected chi connectivity index (χ3v) is 8.06. The smallest absolute Gasteiger partial charge is 0.266 e. The van der Waals surface area contributed by atoms with Crippen LogP contribution in [0.15, 0.2) is 42.6 Å². The van der Waals surface area contributed by atoms with Gasteiger partial charge in [0, 0.05) is 37.0 Å². The molecule has 4 heterocycles. The number of hydrogen-bond acceptors (Lipinski definition) is 7. The lowest BCUT2D eigenvalue weighted by Gasteiger charge is -2.32. The van der Waals surface area contributed by atoms with Gasteiger partial charge in [0.25, 0.3) is 5.69 Å². The van der Waals surface area contributed by atoms with Crippen molar-refractivity contribution >= 4 is 22.5 Å². The number of halogens is 1. The highest BCUT2D eigenvalue weighted by Gasteiger charge is 2.26. The third-order valence-electron chi connectivity index (χ3n) is 8.06.